The standard InChI is InChI=1S/C30H38N2/c1-8-31-26-20-15-13-18-24(26)29(4,5)23(3)17-11-10-12-22-28-30(6,7)25-19-14-16-21-27(25)32(28)9-2/h10-22,31H,3,8-9H2,1-2,4-7H3/b12-10+,17-11+,28-22-. The number of para-hydroxylation sites is 2. The van der Waals surface area contributed by atoms with E-state index in [1.165, 1.54) is 28.2 Å². The van der Waals surface area contributed by atoms with Crippen LogP contribution in [0.25, 0.3) is 0 Å². The first kappa shape index (κ1) is 23.7. The number of nitrogens with one attached hydrogen (secondary N) is 1. The van der Waals surface area contributed by atoms with Crippen molar-refractivity contribution in [2.75, 3.05) is 23.3 Å². The van der Waals surface area contributed by atoms with E-state index in [1.54, 1.807) is 0 Å². The third kappa shape index (κ3) is 4.46. The SMILES string of the molecule is C=C(/C=C/C=C/C=C1\N(CC)c2ccccc2C1(C)C)C(C)(C)c1ccccc1NCC. The number of hydrogen-bond acceptors (Lipinski definition) is 2. The molecule has 0 radical (unpaired) electrons. The molecule has 1 aliphatic heterocycles. The van der Waals surface area contributed by atoms with E-state index in [-0.39, 0.29) is 10.8 Å². The summed E-state index contributed by atoms with van der Waals surface area (Å²) >= 11 is 0. The number of anilines is 2. The van der Waals surface area contributed by atoms with Gasteiger partial charge in [0.15, 0.2) is 0 Å². The average Bonchev–Trinajstić information content (AvgIpc) is 3.00. The first-order valence-corrected chi connectivity index (χ1v) is 11.7. The second-order valence-corrected chi connectivity index (χ2v) is 9.41. The number of rotatable bonds is 8. The minimum Gasteiger partial charge on any atom is -0.385 e. The molecule has 2 heteroatoms. The van der Waals surface area contributed by atoms with Crippen molar-refractivity contribution < 1.29 is 0 Å². The molecule has 0 atom stereocenters. The number of allylic oxidation sites excluding steroid dienone is 7. The van der Waals surface area contributed by atoms with E-state index in [0.29, 0.717) is 0 Å². The van der Waals surface area contributed by atoms with Crippen LogP contribution in [0.15, 0.2) is 96.8 Å². The van der Waals surface area contributed by atoms with Gasteiger partial charge in [-0.2, -0.15) is 0 Å². The van der Waals surface area contributed by atoms with Gasteiger partial charge in [-0.15, -0.1) is 0 Å². The lowest BCUT2D eigenvalue weighted by atomic mass is 9.77. The number of hydrogen-bond donors (Lipinski definition) is 1. The van der Waals surface area contributed by atoms with Gasteiger partial charge in [-0.3, -0.25) is 0 Å². The van der Waals surface area contributed by atoms with Gasteiger partial charge in [0.1, 0.15) is 0 Å². The van der Waals surface area contributed by atoms with Crippen LogP contribution in [-0.4, -0.2) is 13.1 Å². The predicted octanol–water partition coefficient (Wildman–Crippen LogP) is 7.77. The molecule has 0 aromatic heterocycles. The predicted molar refractivity (Wildman–Crippen MR) is 142 cm³/mol. The fraction of sp³-hybridized carbons (Fsp3) is 0.333. The fourth-order valence-electron chi connectivity index (χ4n) is 4.62. The molecule has 3 rings (SSSR count). The van der Waals surface area contributed by atoms with Gasteiger partial charge in [-0.05, 0) is 48.8 Å². The summed E-state index contributed by atoms with van der Waals surface area (Å²) in [4.78, 5) is 2.42. The Labute approximate surface area is 195 Å². The molecule has 0 spiro atoms. The van der Waals surface area contributed by atoms with E-state index in [2.05, 4.69) is 137 Å². The van der Waals surface area contributed by atoms with Gasteiger partial charge < -0.3 is 10.2 Å². The van der Waals surface area contributed by atoms with Crippen molar-refractivity contribution in [2.24, 2.45) is 0 Å². The number of nitrogens with zero attached hydrogens (tertiary/aromatic N) is 1. The first-order chi connectivity index (χ1) is 15.2. The molecular weight excluding hydrogens is 388 g/mol. The van der Waals surface area contributed by atoms with Gasteiger partial charge in [0, 0.05) is 41.0 Å². The van der Waals surface area contributed by atoms with E-state index in [0.717, 1.165) is 18.7 Å². The summed E-state index contributed by atoms with van der Waals surface area (Å²) < 4.78 is 0. The van der Waals surface area contributed by atoms with Crippen molar-refractivity contribution in [3.8, 4) is 0 Å². The Morgan fingerprint density at radius 1 is 1.00 bits per heavy atom. The smallest absolute Gasteiger partial charge is 0.0450 e. The maximum atomic E-state index is 4.38. The molecule has 0 amide bonds. The normalized spacial score (nSPS) is 16.8. The molecule has 1 aliphatic rings. The van der Waals surface area contributed by atoms with Crippen molar-refractivity contribution in [1.29, 1.82) is 0 Å². The van der Waals surface area contributed by atoms with E-state index < -0.39 is 0 Å². The van der Waals surface area contributed by atoms with Gasteiger partial charge in [0.05, 0.1) is 0 Å². The molecule has 2 nitrogen and oxygen atoms in total. The molecule has 0 unspecified atom stereocenters. The van der Waals surface area contributed by atoms with Crippen molar-refractivity contribution in [3.63, 3.8) is 0 Å². The summed E-state index contributed by atoms with van der Waals surface area (Å²) in [5, 5.41) is 3.48. The molecule has 0 fully saturated rings. The molecule has 0 saturated heterocycles. The summed E-state index contributed by atoms with van der Waals surface area (Å²) in [5.41, 5.74) is 7.44. The number of benzene rings is 2. The highest BCUT2D eigenvalue weighted by Crippen LogP contribution is 2.47. The van der Waals surface area contributed by atoms with Crippen LogP contribution in [0.1, 0.15) is 52.7 Å². The lowest BCUT2D eigenvalue weighted by molar-refractivity contribution is 0.634. The summed E-state index contributed by atoms with van der Waals surface area (Å²) in [6.45, 7) is 19.7. The van der Waals surface area contributed by atoms with Crippen LogP contribution in [0, 0.1) is 0 Å². The minimum atomic E-state index is -0.157. The molecule has 0 saturated carbocycles. The van der Waals surface area contributed by atoms with Crippen LogP contribution >= 0.6 is 0 Å². The first-order valence-electron chi connectivity index (χ1n) is 11.7. The molecule has 0 bridgehead atoms. The van der Waals surface area contributed by atoms with Crippen molar-refractivity contribution in [3.05, 3.63) is 108 Å². The van der Waals surface area contributed by atoms with E-state index in [1.807, 2.05) is 0 Å². The zero-order valence-electron chi connectivity index (χ0n) is 20.6. The molecule has 32 heavy (non-hydrogen) atoms. The van der Waals surface area contributed by atoms with E-state index in [9.17, 15) is 0 Å². The van der Waals surface area contributed by atoms with Crippen LogP contribution in [0.2, 0.25) is 0 Å². The molecular formula is C30H38N2. The Kier molecular flexibility index (Phi) is 7.13. The molecule has 1 heterocycles. The average molecular weight is 427 g/mol. The monoisotopic (exact) mass is 426 g/mol. The lowest BCUT2D eigenvalue weighted by Crippen LogP contribution is -2.25. The van der Waals surface area contributed by atoms with Gasteiger partial charge in [0.25, 0.3) is 0 Å². The van der Waals surface area contributed by atoms with Crippen LogP contribution in [0.4, 0.5) is 11.4 Å². The van der Waals surface area contributed by atoms with Gasteiger partial charge in [-0.25, -0.2) is 0 Å². The third-order valence-corrected chi connectivity index (χ3v) is 6.66. The van der Waals surface area contributed by atoms with Crippen molar-refractivity contribution >= 4 is 11.4 Å². The highest BCUT2D eigenvalue weighted by Gasteiger charge is 2.38. The molecule has 168 valence electrons. The second-order valence-electron chi connectivity index (χ2n) is 9.41. The van der Waals surface area contributed by atoms with Crippen LogP contribution < -0.4 is 10.2 Å². The fourth-order valence-corrected chi connectivity index (χ4v) is 4.62. The van der Waals surface area contributed by atoms with E-state index >= 15 is 0 Å². The molecule has 2 aromatic rings. The number of fused-ring (bicyclic) bond motifs is 1. The highest BCUT2D eigenvalue weighted by atomic mass is 15.2. The minimum absolute atomic E-state index is 0.00222. The zero-order valence-corrected chi connectivity index (χ0v) is 20.6. The largest absolute Gasteiger partial charge is 0.385 e. The van der Waals surface area contributed by atoms with E-state index in [4.69, 9.17) is 0 Å². The van der Waals surface area contributed by atoms with Crippen LogP contribution in [0.5, 0.6) is 0 Å². The number of likely N-dealkylation sites (N-methyl/N-ethyl adjacent to an activating group) is 1. The molecule has 1 N–H and O–H groups in total. The molecule has 2 aromatic carbocycles. The maximum Gasteiger partial charge on any atom is 0.0450 e. The van der Waals surface area contributed by atoms with Crippen LogP contribution in [0.3, 0.4) is 0 Å². The summed E-state index contributed by atoms with van der Waals surface area (Å²) in [6, 6.07) is 17.2. The van der Waals surface area contributed by atoms with Crippen molar-refractivity contribution in [2.45, 2.75) is 52.4 Å². The zero-order chi connectivity index (χ0) is 23.4. The Balaban J connectivity index is 1.77. The summed E-state index contributed by atoms with van der Waals surface area (Å²) in [6.07, 6.45) is 10.7. The summed E-state index contributed by atoms with van der Waals surface area (Å²) in [5.74, 6) is 0. The van der Waals surface area contributed by atoms with Gasteiger partial charge in [0.2, 0.25) is 0 Å². The Morgan fingerprint density at radius 3 is 2.41 bits per heavy atom. The highest BCUT2D eigenvalue weighted by molar-refractivity contribution is 5.70. The van der Waals surface area contributed by atoms with Gasteiger partial charge >= 0.3 is 0 Å². The van der Waals surface area contributed by atoms with Gasteiger partial charge in [-0.1, -0.05) is 95.0 Å². The summed E-state index contributed by atoms with van der Waals surface area (Å²) in [7, 11) is 0. The maximum absolute atomic E-state index is 4.38. The topological polar surface area (TPSA) is 15.3 Å². The molecule has 0 aliphatic carbocycles. The Morgan fingerprint density at radius 2 is 1.69 bits per heavy atom. The Hall–Kier alpha value is -3.00. The van der Waals surface area contributed by atoms with Crippen molar-refractivity contribution in [1.82, 2.24) is 0 Å². The quantitative estimate of drug-likeness (QED) is 0.434. The third-order valence-electron chi connectivity index (χ3n) is 6.66. The van der Waals surface area contributed by atoms with Crippen LogP contribution in [-0.2, 0) is 10.8 Å². The Bertz CT molecular complexity index is 1050. The second kappa shape index (κ2) is 9.65. The lowest BCUT2D eigenvalue weighted by Gasteiger charge is -2.29.